The summed E-state index contributed by atoms with van der Waals surface area (Å²) in [4.78, 5) is 37.5. The number of hydrogen-bond donors (Lipinski definition) is 2. The minimum absolute atomic E-state index is 0.257. The highest BCUT2D eigenvalue weighted by atomic mass is 79.9. The average Bonchev–Trinajstić information content (AvgIpc) is 2.88. The Hall–Kier alpha value is -4.30. The zero-order valence-corrected chi connectivity index (χ0v) is 20.9. The molecule has 0 aliphatic heterocycles. The monoisotopic (exact) mass is 543 g/mol. The van der Waals surface area contributed by atoms with Crippen molar-refractivity contribution in [3.8, 4) is 5.75 Å². The maximum absolute atomic E-state index is 12.6. The predicted molar refractivity (Wildman–Crippen MR) is 142 cm³/mol. The van der Waals surface area contributed by atoms with Crippen molar-refractivity contribution in [2.24, 2.45) is 5.10 Å². The van der Waals surface area contributed by atoms with Crippen molar-refractivity contribution in [3.63, 3.8) is 0 Å². The number of aryl methyl sites for hydroxylation is 1. The summed E-state index contributed by atoms with van der Waals surface area (Å²) in [6.07, 6.45) is 1.37. The smallest absolute Gasteiger partial charge is 0.343 e. The zero-order valence-electron chi connectivity index (χ0n) is 19.3. The molecule has 4 aromatic rings. The van der Waals surface area contributed by atoms with E-state index in [-0.39, 0.29) is 18.2 Å². The Morgan fingerprint density at radius 1 is 0.917 bits per heavy atom. The Kier molecular flexibility index (Phi) is 7.87. The van der Waals surface area contributed by atoms with Gasteiger partial charge in [-0.2, -0.15) is 5.10 Å². The molecule has 0 radical (unpaired) electrons. The van der Waals surface area contributed by atoms with E-state index in [1.54, 1.807) is 42.5 Å². The summed E-state index contributed by atoms with van der Waals surface area (Å²) in [7, 11) is 0. The van der Waals surface area contributed by atoms with E-state index in [9.17, 15) is 14.4 Å². The lowest BCUT2D eigenvalue weighted by Crippen LogP contribution is -2.35. The van der Waals surface area contributed by atoms with Crippen LogP contribution in [-0.4, -0.2) is 30.5 Å². The van der Waals surface area contributed by atoms with Crippen molar-refractivity contribution in [1.82, 2.24) is 10.7 Å². The number of halogens is 1. The molecule has 0 fully saturated rings. The number of carbonyl (C=O) groups excluding carboxylic acids is 3. The molecule has 0 aromatic heterocycles. The first kappa shape index (κ1) is 24.8. The molecule has 0 spiro atoms. The Bertz CT molecular complexity index is 1480. The third-order valence-electron chi connectivity index (χ3n) is 5.38. The maximum Gasteiger partial charge on any atom is 0.343 e. The van der Waals surface area contributed by atoms with E-state index in [4.69, 9.17) is 4.74 Å². The maximum atomic E-state index is 12.6. The minimum atomic E-state index is -0.506. The highest BCUT2D eigenvalue weighted by Crippen LogP contribution is 2.23. The second-order valence-corrected chi connectivity index (χ2v) is 8.80. The molecule has 0 aliphatic carbocycles. The topological polar surface area (TPSA) is 96.9 Å². The molecule has 0 atom stereocenters. The third kappa shape index (κ3) is 6.03. The fourth-order valence-corrected chi connectivity index (χ4v) is 3.94. The van der Waals surface area contributed by atoms with Gasteiger partial charge in [-0.1, -0.05) is 70.5 Å². The number of hydrogen-bond acceptors (Lipinski definition) is 5. The number of nitrogens with zero attached hydrogens (tertiary/aromatic N) is 1. The number of carbonyl (C=O) groups is 3. The largest absolute Gasteiger partial charge is 0.422 e. The SMILES string of the molecule is Cc1ccccc1C(=O)Oc1ccc(Br)cc1C=NNC(=O)CNC(=O)c1cccc2ccccc12. The predicted octanol–water partition coefficient (Wildman–Crippen LogP) is 5.01. The van der Waals surface area contributed by atoms with Crippen molar-refractivity contribution < 1.29 is 19.1 Å². The van der Waals surface area contributed by atoms with Crippen molar-refractivity contribution >= 4 is 50.7 Å². The number of amides is 2. The molecule has 0 aliphatic rings. The van der Waals surface area contributed by atoms with Crippen LogP contribution in [0.4, 0.5) is 0 Å². The minimum Gasteiger partial charge on any atom is -0.422 e. The van der Waals surface area contributed by atoms with Crippen LogP contribution >= 0.6 is 15.9 Å². The lowest BCUT2D eigenvalue weighted by atomic mass is 10.0. The summed E-state index contributed by atoms with van der Waals surface area (Å²) in [5.74, 6) is -1.07. The third-order valence-corrected chi connectivity index (χ3v) is 5.87. The molecule has 8 heteroatoms. The molecule has 2 amide bonds. The Balaban J connectivity index is 1.38. The van der Waals surface area contributed by atoms with Crippen molar-refractivity contribution in [1.29, 1.82) is 0 Å². The van der Waals surface area contributed by atoms with Crippen LogP contribution < -0.4 is 15.5 Å². The van der Waals surface area contributed by atoms with E-state index in [1.165, 1.54) is 6.21 Å². The van der Waals surface area contributed by atoms with Gasteiger partial charge in [-0.25, -0.2) is 10.2 Å². The van der Waals surface area contributed by atoms with Crippen LogP contribution in [0.25, 0.3) is 10.8 Å². The Morgan fingerprint density at radius 3 is 2.47 bits per heavy atom. The molecular weight excluding hydrogens is 522 g/mol. The molecule has 2 N–H and O–H groups in total. The van der Waals surface area contributed by atoms with Gasteiger partial charge in [-0.3, -0.25) is 9.59 Å². The van der Waals surface area contributed by atoms with E-state index in [1.807, 2.05) is 49.4 Å². The molecule has 180 valence electrons. The van der Waals surface area contributed by atoms with Crippen molar-refractivity contribution in [2.45, 2.75) is 6.92 Å². The number of benzene rings is 4. The standard InChI is InChI=1S/C28H22BrN3O4/c1-18-7-2-4-10-22(18)28(35)36-25-14-13-21(29)15-20(25)16-31-32-26(33)17-30-27(34)24-12-6-9-19-8-3-5-11-23(19)24/h2-16H,17H2,1H3,(H,30,34)(H,32,33). The van der Waals surface area contributed by atoms with E-state index in [0.717, 1.165) is 20.8 Å². The van der Waals surface area contributed by atoms with Crippen LogP contribution in [-0.2, 0) is 4.79 Å². The average molecular weight is 544 g/mol. The van der Waals surface area contributed by atoms with Crippen LogP contribution in [0.3, 0.4) is 0 Å². The van der Waals surface area contributed by atoms with Gasteiger partial charge in [-0.05, 0) is 53.6 Å². The van der Waals surface area contributed by atoms with E-state index < -0.39 is 11.9 Å². The zero-order chi connectivity index (χ0) is 25.5. The lowest BCUT2D eigenvalue weighted by Gasteiger charge is -2.09. The summed E-state index contributed by atoms with van der Waals surface area (Å²) < 4.78 is 6.31. The van der Waals surface area contributed by atoms with Crippen LogP contribution in [0.2, 0.25) is 0 Å². The summed E-state index contributed by atoms with van der Waals surface area (Å²) >= 11 is 3.38. The van der Waals surface area contributed by atoms with E-state index in [2.05, 4.69) is 31.8 Å². The second-order valence-electron chi connectivity index (χ2n) is 7.89. The highest BCUT2D eigenvalue weighted by Gasteiger charge is 2.14. The van der Waals surface area contributed by atoms with Gasteiger partial charge in [0.1, 0.15) is 5.75 Å². The molecule has 0 unspecified atom stereocenters. The summed E-state index contributed by atoms with van der Waals surface area (Å²) in [6.45, 7) is 1.57. The molecule has 4 rings (SSSR count). The molecule has 0 heterocycles. The number of rotatable bonds is 7. The van der Waals surface area contributed by atoms with Gasteiger partial charge in [0.05, 0.1) is 18.3 Å². The van der Waals surface area contributed by atoms with Gasteiger partial charge >= 0.3 is 5.97 Å². The summed E-state index contributed by atoms with van der Waals surface area (Å²) in [6, 6.07) is 25.2. The van der Waals surface area contributed by atoms with Gasteiger partial charge in [0, 0.05) is 15.6 Å². The van der Waals surface area contributed by atoms with Gasteiger partial charge < -0.3 is 10.1 Å². The highest BCUT2D eigenvalue weighted by molar-refractivity contribution is 9.10. The van der Waals surface area contributed by atoms with Crippen LogP contribution in [0.15, 0.2) is 94.5 Å². The van der Waals surface area contributed by atoms with E-state index in [0.29, 0.717) is 16.7 Å². The number of hydrazone groups is 1. The van der Waals surface area contributed by atoms with Crippen LogP contribution in [0, 0.1) is 6.92 Å². The summed E-state index contributed by atoms with van der Waals surface area (Å²) in [5.41, 5.74) is 4.59. The normalized spacial score (nSPS) is 10.8. The molecule has 7 nitrogen and oxygen atoms in total. The second kappa shape index (κ2) is 11.4. The molecule has 0 saturated heterocycles. The Morgan fingerprint density at radius 2 is 1.64 bits per heavy atom. The van der Waals surface area contributed by atoms with Gasteiger partial charge in [0.25, 0.3) is 11.8 Å². The first-order valence-corrected chi connectivity index (χ1v) is 11.9. The van der Waals surface area contributed by atoms with Gasteiger partial charge in [-0.15, -0.1) is 0 Å². The molecule has 4 aromatic carbocycles. The van der Waals surface area contributed by atoms with Gasteiger partial charge in [0.15, 0.2) is 0 Å². The first-order valence-electron chi connectivity index (χ1n) is 11.1. The molecule has 36 heavy (non-hydrogen) atoms. The van der Waals surface area contributed by atoms with Crippen LogP contribution in [0.5, 0.6) is 5.75 Å². The van der Waals surface area contributed by atoms with E-state index >= 15 is 0 Å². The Labute approximate surface area is 216 Å². The summed E-state index contributed by atoms with van der Waals surface area (Å²) in [5, 5.41) is 8.30. The van der Waals surface area contributed by atoms with Crippen LogP contribution in [0.1, 0.15) is 31.8 Å². The number of nitrogens with one attached hydrogen (secondary N) is 2. The van der Waals surface area contributed by atoms with Crippen molar-refractivity contribution in [3.05, 3.63) is 112 Å². The molecule has 0 saturated carbocycles. The first-order chi connectivity index (χ1) is 17.4. The number of fused-ring (bicyclic) bond motifs is 1. The molecular formula is C28H22BrN3O4. The fourth-order valence-electron chi connectivity index (χ4n) is 3.56. The van der Waals surface area contributed by atoms with Crippen molar-refractivity contribution in [2.75, 3.05) is 6.54 Å². The quantitative estimate of drug-likeness (QED) is 0.148. The number of ether oxygens (including phenoxy) is 1. The lowest BCUT2D eigenvalue weighted by molar-refractivity contribution is -0.120. The fraction of sp³-hybridized carbons (Fsp3) is 0.0714. The van der Waals surface area contributed by atoms with Gasteiger partial charge in [0.2, 0.25) is 0 Å². The number of esters is 1. The molecule has 0 bridgehead atoms.